The molecule has 96 valence electrons. The van der Waals surface area contributed by atoms with E-state index in [0.717, 1.165) is 5.69 Å². The van der Waals surface area contributed by atoms with Crippen LogP contribution in [-0.2, 0) is 9.84 Å². The number of rotatable bonds is 6. The van der Waals surface area contributed by atoms with Crippen LogP contribution in [0.15, 0.2) is 24.3 Å². The van der Waals surface area contributed by atoms with Crippen molar-refractivity contribution in [3.8, 4) is 0 Å². The molecule has 0 radical (unpaired) electrons. The average molecular weight is 255 g/mol. The zero-order valence-electron chi connectivity index (χ0n) is 10.7. The first-order valence-electron chi connectivity index (χ1n) is 5.99. The van der Waals surface area contributed by atoms with E-state index in [0.29, 0.717) is 12.5 Å². The van der Waals surface area contributed by atoms with Crippen molar-refractivity contribution >= 4 is 15.5 Å². The molecule has 0 spiro atoms. The van der Waals surface area contributed by atoms with Crippen LogP contribution in [0.25, 0.3) is 0 Å². The lowest BCUT2D eigenvalue weighted by atomic mass is 10.0. The first-order chi connectivity index (χ1) is 7.94. The van der Waals surface area contributed by atoms with Gasteiger partial charge in [0.25, 0.3) is 0 Å². The molecule has 0 aromatic heterocycles. The fraction of sp³-hybridized carbons (Fsp3) is 0.538. The lowest BCUT2D eigenvalue weighted by Crippen LogP contribution is -2.17. The fourth-order valence-electron chi connectivity index (χ4n) is 1.48. The largest absolute Gasteiger partial charge is 0.384 e. The molecular weight excluding hydrogens is 234 g/mol. The number of hydrogen-bond donors (Lipinski definition) is 1. The van der Waals surface area contributed by atoms with E-state index in [4.69, 9.17) is 0 Å². The van der Waals surface area contributed by atoms with Gasteiger partial charge in [-0.15, -0.1) is 0 Å². The molecule has 0 unspecified atom stereocenters. The smallest absolute Gasteiger partial charge is 0.151 e. The quantitative estimate of drug-likeness (QED) is 0.850. The predicted octanol–water partition coefficient (Wildman–Crippen LogP) is 2.66. The van der Waals surface area contributed by atoms with Crippen LogP contribution in [0.2, 0.25) is 0 Å². The summed E-state index contributed by atoms with van der Waals surface area (Å²) < 4.78 is 22.6. The van der Waals surface area contributed by atoms with E-state index in [1.807, 2.05) is 12.1 Å². The van der Waals surface area contributed by atoms with Crippen LogP contribution < -0.4 is 5.32 Å². The Morgan fingerprint density at radius 2 is 1.76 bits per heavy atom. The van der Waals surface area contributed by atoms with E-state index >= 15 is 0 Å². The summed E-state index contributed by atoms with van der Waals surface area (Å²) in [6.07, 6.45) is 0. The number of nitrogens with one attached hydrogen (secondary N) is 1. The van der Waals surface area contributed by atoms with Gasteiger partial charge in [-0.25, -0.2) is 8.42 Å². The van der Waals surface area contributed by atoms with E-state index < -0.39 is 9.84 Å². The average Bonchev–Trinajstić information content (AvgIpc) is 2.29. The minimum absolute atomic E-state index is 0.190. The Labute approximate surface area is 104 Å². The van der Waals surface area contributed by atoms with Gasteiger partial charge in [-0.3, -0.25) is 0 Å². The van der Waals surface area contributed by atoms with Gasteiger partial charge in [0.1, 0.15) is 0 Å². The first-order valence-corrected chi connectivity index (χ1v) is 7.81. The molecule has 17 heavy (non-hydrogen) atoms. The molecular formula is C13H21NO2S. The van der Waals surface area contributed by atoms with E-state index in [9.17, 15) is 8.42 Å². The van der Waals surface area contributed by atoms with Gasteiger partial charge in [-0.1, -0.05) is 32.9 Å². The van der Waals surface area contributed by atoms with E-state index in [-0.39, 0.29) is 11.5 Å². The molecule has 0 fully saturated rings. The van der Waals surface area contributed by atoms with Gasteiger partial charge in [-0.2, -0.15) is 0 Å². The van der Waals surface area contributed by atoms with Gasteiger partial charge in [0, 0.05) is 18.0 Å². The summed E-state index contributed by atoms with van der Waals surface area (Å²) in [5, 5.41) is 3.12. The van der Waals surface area contributed by atoms with Crippen LogP contribution in [0.4, 0.5) is 5.69 Å². The summed E-state index contributed by atoms with van der Waals surface area (Å²) in [7, 11) is -2.87. The van der Waals surface area contributed by atoms with E-state index in [1.165, 1.54) is 5.56 Å². The molecule has 1 aromatic rings. The minimum Gasteiger partial charge on any atom is -0.384 e. The molecule has 0 aliphatic heterocycles. The normalized spacial score (nSPS) is 11.8. The topological polar surface area (TPSA) is 46.2 Å². The van der Waals surface area contributed by atoms with Crippen molar-refractivity contribution in [2.75, 3.05) is 23.4 Å². The number of sulfone groups is 1. The maximum Gasteiger partial charge on any atom is 0.151 e. The van der Waals surface area contributed by atoms with Crippen LogP contribution >= 0.6 is 0 Å². The Morgan fingerprint density at radius 1 is 1.18 bits per heavy atom. The van der Waals surface area contributed by atoms with Crippen molar-refractivity contribution in [2.24, 2.45) is 0 Å². The second-order valence-corrected chi connectivity index (χ2v) is 6.91. The highest BCUT2D eigenvalue weighted by Crippen LogP contribution is 2.16. The monoisotopic (exact) mass is 255 g/mol. The van der Waals surface area contributed by atoms with E-state index in [1.54, 1.807) is 6.92 Å². The van der Waals surface area contributed by atoms with Crippen molar-refractivity contribution in [1.29, 1.82) is 0 Å². The second kappa shape index (κ2) is 6.05. The van der Waals surface area contributed by atoms with Gasteiger partial charge in [-0.05, 0) is 23.6 Å². The van der Waals surface area contributed by atoms with Gasteiger partial charge < -0.3 is 5.32 Å². The Kier molecular flexibility index (Phi) is 5.00. The van der Waals surface area contributed by atoms with Crippen LogP contribution in [0, 0.1) is 0 Å². The third kappa shape index (κ3) is 4.77. The summed E-state index contributed by atoms with van der Waals surface area (Å²) in [5.41, 5.74) is 2.26. The third-order valence-electron chi connectivity index (χ3n) is 2.76. The third-order valence-corrected chi connectivity index (χ3v) is 4.47. The predicted molar refractivity (Wildman–Crippen MR) is 73.3 cm³/mol. The van der Waals surface area contributed by atoms with Gasteiger partial charge in [0.2, 0.25) is 0 Å². The maximum atomic E-state index is 11.3. The zero-order chi connectivity index (χ0) is 12.9. The summed E-state index contributed by atoms with van der Waals surface area (Å²) >= 11 is 0. The van der Waals surface area contributed by atoms with Crippen molar-refractivity contribution in [3.05, 3.63) is 29.8 Å². The number of benzene rings is 1. The van der Waals surface area contributed by atoms with Gasteiger partial charge in [0.05, 0.1) is 5.75 Å². The SMILES string of the molecule is CCS(=O)(=O)CCNc1ccc(C(C)C)cc1. The molecule has 1 N–H and O–H groups in total. The first kappa shape index (κ1) is 14.0. The molecule has 0 saturated carbocycles. The maximum absolute atomic E-state index is 11.3. The van der Waals surface area contributed by atoms with Crippen LogP contribution in [0.5, 0.6) is 0 Å². The Hall–Kier alpha value is -1.03. The molecule has 3 nitrogen and oxygen atoms in total. The summed E-state index contributed by atoms with van der Waals surface area (Å²) in [5.74, 6) is 0.917. The lowest BCUT2D eigenvalue weighted by molar-refractivity contribution is 0.597. The highest BCUT2D eigenvalue weighted by Gasteiger charge is 2.06. The summed E-state index contributed by atoms with van der Waals surface area (Å²) in [6, 6.07) is 8.13. The molecule has 0 heterocycles. The van der Waals surface area contributed by atoms with E-state index in [2.05, 4.69) is 31.3 Å². The van der Waals surface area contributed by atoms with Crippen molar-refractivity contribution in [1.82, 2.24) is 0 Å². The van der Waals surface area contributed by atoms with Crippen LogP contribution in [0.1, 0.15) is 32.3 Å². The number of anilines is 1. The summed E-state index contributed by atoms with van der Waals surface area (Å²) in [4.78, 5) is 0. The van der Waals surface area contributed by atoms with Crippen LogP contribution in [0.3, 0.4) is 0 Å². The molecule has 0 aliphatic carbocycles. The van der Waals surface area contributed by atoms with Gasteiger partial charge >= 0.3 is 0 Å². The highest BCUT2D eigenvalue weighted by molar-refractivity contribution is 7.91. The van der Waals surface area contributed by atoms with Crippen molar-refractivity contribution in [2.45, 2.75) is 26.7 Å². The summed E-state index contributed by atoms with van der Waals surface area (Å²) in [6.45, 7) is 6.44. The molecule has 1 aromatic carbocycles. The Balaban J connectivity index is 2.48. The standard InChI is InChI=1S/C13H21NO2S/c1-4-17(15,16)10-9-14-13-7-5-12(6-8-13)11(2)3/h5-8,11,14H,4,9-10H2,1-3H3. The van der Waals surface area contributed by atoms with Crippen molar-refractivity contribution in [3.63, 3.8) is 0 Å². The molecule has 0 aliphatic rings. The molecule has 0 saturated heterocycles. The molecule has 0 atom stereocenters. The van der Waals surface area contributed by atoms with Crippen molar-refractivity contribution < 1.29 is 8.42 Å². The molecule has 0 amide bonds. The molecule has 1 rings (SSSR count). The van der Waals surface area contributed by atoms with Crippen LogP contribution in [-0.4, -0.2) is 26.5 Å². The Bertz CT molecular complexity index is 435. The highest BCUT2D eigenvalue weighted by atomic mass is 32.2. The molecule has 4 heteroatoms. The minimum atomic E-state index is -2.87. The number of hydrogen-bond acceptors (Lipinski definition) is 3. The Morgan fingerprint density at radius 3 is 2.24 bits per heavy atom. The zero-order valence-corrected chi connectivity index (χ0v) is 11.5. The lowest BCUT2D eigenvalue weighted by Gasteiger charge is -2.09. The molecule has 0 bridgehead atoms. The second-order valence-electron chi connectivity index (χ2n) is 4.44. The fourth-order valence-corrected chi connectivity index (χ4v) is 2.18. The van der Waals surface area contributed by atoms with Gasteiger partial charge in [0.15, 0.2) is 9.84 Å².